The Kier molecular flexibility index (Phi) is 3.15. The fourth-order valence-corrected chi connectivity index (χ4v) is 2.81. The lowest BCUT2D eigenvalue weighted by molar-refractivity contribution is -0.120. The normalized spacial score (nSPS) is 19.2. The Morgan fingerprint density at radius 2 is 2.11 bits per heavy atom. The van der Waals surface area contributed by atoms with Crippen LogP contribution in [0.4, 0.5) is 0 Å². The summed E-state index contributed by atoms with van der Waals surface area (Å²) in [5.74, 6) is 0.561. The number of ketones is 1. The molecule has 19 heavy (non-hydrogen) atoms. The van der Waals surface area contributed by atoms with Crippen LogP contribution in [0.1, 0.15) is 25.7 Å². The molecule has 1 aromatic heterocycles. The van der Waals surface area contributed by atoms with Crippen molar-refractivity contribution in [2.45, 2.75) is 32.2 Å². The quantitative estimate of drug-likeness (QED) is 0.845. The highest BCUT2D eigenvalue weighted by molar-refractivity contribution is 5.82. The molecule has 0 aliphatic heterocycles. The Morgan fingerprint density at radius 3 is 2.89 bits per heavy atom. The van der Waals surface area contributed by atoms with Crippen LogP contribution in [-0.4, -0.2) is 15.6 Å². The van der Waals surface area contributed by atoms with Gasteiger partial charge in [0.1, 0.15) is 5.78 Å². The van der Waals surface area contributed by atoms with Crippen molar-refractivity contribution in [3.05, 3.63) is 40.7 Å². The fraction of sp³-hybridized carbons (Fsp3) is 0.400. The molecule has 3 rings (SSSR count). The van der Waals surface area contributed by atoms with Crippen LogP contribution in [0.15, 0.2) is 35.3 Å². The summed E-state index contributed by atoms with van der Waals surface area (Å²) < 4.78 is 1.84. The Morgan fingerprint density at radius 1 is 1.26 bits per heavy atom. The van der Waals surface area contributed by atoms with Crippen LogP contribution in [0.2, 0.25) is 0 Å². The van der Waals surface area contributed by atoms with Crippen LogP contribution >= 0.6 is 0 Å². The highest BCUT2D eigenvalue weighted by Gasteiger charge is 2.23. The number of hydrogen-bond acceptors (Lipinski definition) is 3. The van der Waals surface area contributed by atoms with Crippen molar-refractivity contribution >= 4 is 16.7 Å². The third-order valence-corrected chi connectivity index (χ3v) is 3.88. The van der Waals surface area contributed by atoms with Gasteiger partial charge in [0.2, 0.25) is 5.43 Å². The molecule has 1 aromatic carbocycles. The van der Waals surface area contributed by atoms with Crippen molar-refractivity contribution in [2.24, 2.45) is 5.92 Å². The number of aryl methyl sites for hydroxylation is 1. The average Bonchev–Trinajstić information content (AvgIpc) is 2.84. The second-order valence-electron chi connectivity index (χ2n) is 5.09. The van der Waals surface area contributed by atoms with Gasteiger partial charge in [0.05, 0.1) is 11.7 Å². The van der Waals surface area contributed by atoms with E-state index in [1.165, 1.54) is 6.20 Å². The van der Waals surface area contributed by atoms with Gasteiger partial charge in [0.15, 0.2) is 0 Å². The van der Waals surface area contributed by atoms with Crippen molar-refractivity contribution < 1.29 is 4.79 Å². The van der Waals surface area contributed by atoms with E-state index in [-0.39, 0.29) is 11.3 Å². The summed E-state index contributed by atoms with van der Waals surface area (Å²) >= 11 is 0. The molecule has 2 aromatic rings. The smallest absolute Gasteiger partial charge is 0.207 e. The largest absolute Gasteiger partial charge is 0.299 e. The van der Waals surface area contributed by atoms with E-state index in [4.69, 9.17) is 0 Å². The molecule has 0 bridgehead atoms. The van der Waals surface area contributed by atoms with Gasteiger partial charge in [0, 0.05) is 24.3 Å². The first-order valence-corrected chi connectivity index (χ1v) is 6.73. The standard InChI is InChI=1S/C15H16N2O2/c18-14-7-3-4-11(14)8-9-17-13-6-2-1-5-12(13)15(19)10-16-17/h1-2,5-6,10-11H,3-4,7-9H2. The zero-order valence-electron chi connectivity index (χ0n) is 10.7. The maximum absolute atomic E-state index is 11.7. The fourth-order valence-electron chi connectivity index (χ4n) is 2.81. The van der Waals surface area contributed by atoms with E-state index < -0.39 is 0 Å². The predicted octanol–water partition coefficient (Wildman–Crippen LogP) is 2.16. The number of hydrogen-bond donors (Lipinski definition) is 0. The molecular formula is C15H16N2O2. The third kappa shape index (κ3) is 2.30. The molecule has 1 saturated carbocycles. The lowest BCUT2D eigenvalue weighted by Crippen LogP contribution is -2.15. The minimum atomic E-state index is -0.0520. The van der Waals surface area contributed by atoms with Crippen LogP contribution in [0.5, 0.6) is 0 Å². The van der Waals surface area contributed by atoms with Gasteiger partial charge in [-0.2, -0.15) is 5.10 Å². The zero-order valence-corrected chi connectivity index (χ0v) is 10.7. The molecule has 0 amide bonds. The van der Waals surface area contributed by atoms with Crippen molar-refractivity contribution in [3.63, 3.8) is 0 Å². The maximum Gasteiger partial charge on any atom is 0.207 e. The zero-order chi connectivity index (χ0) is 13.2. The molecule has 98 valence electrons. The minimum Gasteiger partial charge on any atom is -0.299 e. The summed E-state index contributed by atoms with van der Waals surface area (Å²) in [5.41, 5.74) is 0.796. The number of Topliss-reactive ketones (excluding diaryl/α,β-unsaturated/α-hetero) is 1. The minimum absolute atomic E-state index is 0.0520. The van der Waals surface area contributed by atoms with E-state index in [2.05, 4.69) is 5.10 Å². The number of aromatic nitrogens is 2. The summed E-state index contributed by atoms with van der Waals surface area (Å²) in [7, 11) is 0. The Balaban J connectivity index is 1.87. The van der Waals surface area contributed by atoms with E-state index in [0.717, 1.165) is 31.2 Å². The summed E-state index contributed by atoms with van der Waals surface area (Å²) in [5, 5.41) is 4.88. The molecule has 0 radical (unpaired) electrons. The lowest BCUT2D eigenvalue weighted by atomic mass is 10.0. The maximum atomic E-state index is 11.7. The van der Waals surface area contributed by atoms with Crippen molar-refractivity contribution in [1.82, 2.24) is 9.78 Å². The predicted molar refractivity (Wildman–Crippen MR) is 73.0 cm³/mol. The number of fused-ring (bicyclic) bond motifs is 1. The summed E-state index contributed by atoms with van der Waals surface area (Å²) in [4.78, 5) is 23.3. The highest BCUT2D eigenvalue weighted by Crippen LogP contribution is 2.25. The van der Waals surface area contributed by atoms with Crippen LogP contribution in [0.25, 0.3) is 10.9 Å². The van der Waals surface area contributed by atoms with E-state index >= 15 is 0 Å². The summed E-state index contributed by atoms with van der Waals surface area (Å²) in [6.45, 7) is 0.692. The van der Waals surface area contributed by atoms with Crippen molar-refractivity contribution in [1.29, 1.82) is 0 Å². The van der Waals surface area contributed by atoms with Gasteiger partial charge in [-0.05, 0) is 31.4 Å². The van der Waals surface area contributed by atoms with Crippen molar-refractivity contribution in [3.8, 4) is 0 Å². The van der Waals surface area contributed by atoms with Crippen molar-refractivity contribution in [2.75, 3.05) is 0 Å². The van der Waals surface area contributed by atoms with Crippen LogP contribution in [0.3, 0.4) is 0 Å². The Labute approximate surface area is 111 Å². The highest BCUT2D eigenvalue weighted by atomic mass is 16.1. The van der Waals surface area contributed by atoms with E-state index in [1.807, 2.05) is 28.9 Å². The second kappa shape index (κ2) is 4.96. The molecule has 1 unspecified atom stereocenters. The first-order valence-electron chi connectivity index (χ1n) is 6.73. The van der Waals surface area contributed by atoms with Gasteiger partial charge in [-0.25, -0.2) is 0 Å². The van der Waals surface area contributed by atoms with Gasteiger partial charge >= 0.3 is 0 Å². The molecule has 1 heterocycles. The van der Waals surface area contributed by atoms with E-state index in [1.54, 1.807) is 0 Å². The monoisotopic (exact) mass is 256 g/mol. The van der Waals surface area contributed by atoms with E-state index in [0.29, 0.717) is 17.7 Å². The van der Waals surface area contributed by atoms with E-state index in [9.17, 15) is 9.59 Å². The van der Waals surface area contributed by atoms with Gasteiger partial charge in [0.25, 0.3) is 0 Å². The van der Waals surface area contributed by atoms with Gasteiger partial charge < -0.3 is 0 Å². The molecule has 1 aliphatic carbocycles. The molecule has 4 heteroatoms. The molecule has 1 atom stereocenters. The molecule has 1 aliphatic rings. The molecule has 1 fully saturated rings. The first-order chi connectivity index (χ1) is 9.25. The van der Waals surface area contributed by atoms with Crippen LogP contribution in [-0.2, 0) is 11.3 Å². The van der Waals surface area contributed by atoms with Gasteiger partial charge in [-0.15, -0.1) is 0 Å². The number of carbonyl (C=O) groups is 1. The average molecular weight is 256 g/mol. The summed E-state index contributed by atoms with van der Waals surface area (Å²) in [6, 6.07) is 7.48. The summed E-state index contributed by atoms with van der Waals surface area (Å²) in [6.07, 6.45) is 4.92. The SMILES string of the molecule is O=C1CCCC1CCn1ncc(=O)c2ccccc21. The molecule has 4 nitrogen and oxygen atoms in total. The molecular weight excluding hydrogens is 240 g/mol. The number of benzene rings is 1. The van der Waals surface area contributed by atoms with Gasteiger partial charge in [-0.3, -0.25) is 14.3 Å². The lowest BCUT2D eigenvalue weighted by Gasteiger charge is -2.11. The molecule has 0 saturated heterocycles. The number of nitrogens with zero attached hydrogens (tertiary/aromatic N) is 2. The number of rotatable bonds is 3. The first kappa shape index (κ1) is 12.1. The Bertz CT molecular complexity index is 675. The third-order valence-electron chi connectivity index (χ3n) is 3.88. The number of carbonyl (C=O) groups excluding carboxylic acids is 1. The molecule has 0 N–H and O–H groups in total. The van der Waals surface area contributed by atoms with Crippen LogP contribution in [0, 0.1) is 5.92 Å². The van der Waals surface area contributed by atoms with Crippen LogP contribution < -0.4 is 5.43 Å². The topological polar surface area (TPSA) is 52.0 Å². The van der Waals surface area contributed by atoms with Gasteiger partial charge in [-0.1, -0.05) is 12.1 Å². The second-order valence-corrected chi connectivity index (χ2v) is 5.09. The molecule has 0 spiro atoms. The Hall–Kier alpha value is -1.97. The number of para-hydroxylation sites is 1.